The lowest BCUT2D eigenvalue weighted by Gasteiger charge is -2.28. The minimum absolute atomic E-state index is 0.262. The van der Waals surface area contributed by atoms with Crippen molar-refractivity contribution >= 4 is 29.5 Å². The number of unbranched alkanes of at least 4 members (excludes halogenated alkanes) is 1. The maximum absolute atomic E-state index is 11.2. The van der Waals surface area contributed by atoms with Crippen LogP contribution in [0, 0.1) is 0 Å². The van der Waals surface area contributed by atoms with Crippen LogP contribution >= 0.6 is 0 Å². The van der Waals surface area contributed by atoms with Crippen LogP contribution in [0.15, 0.2) is 29.8 Å². The molecule has 1 aliphatic heterocycles. The Labute approximate surface area is 147 Å². The zero-order valence-electron chi connectivity index (χ0n) is 14.7. The lowest BCUT2D eigenvalue weighted by Crippen LogP contribution is -2.33. The van der Waals surface area contributed by atoms with Gasteiger partial charge in [0.25, 0.3) is 0 Å². The molecule has 0 aromatic heterocycles. The van der Waals surface area contributed by atoms with Crippen molar-refractivity contribution in [1.29, 1.82) is 0 Å². The van der Waals surface area contributed by atoms with Gasteiger partial charge in [0, 0.05) is 31.6 Å². The molecule has 1 fully saturated rings. The van der Waals surface area contributed by atoms with Crippen molar-refractivity contribution in [3.05, 3.63) is 35.4 Å². The number of hydrogen-bond donors (Lipinski definition) is 2. The molecule has 1 aromatic carbocycles. The first-order valence-electron chi connectivity index (χ1n) is 8.44. The first-order chi connectivity index (χ1) is 11.9. The fourth-order valence-corrected chi connectivity index (χ4v) is 2.18. The van der Waals surface area contributed by atoms with Crippen molar-refractivity contribution in [2.45, 2.75) is 39.5 Å². The van der Waals surface area contributed by atoms with Crippen LogP contribution < -0.4 is 4.90 Å². The summed E-state index contributed by atoms with van der Waals surface area (Å²) in [6, 6.07) is 6.92. The van der Waals surface area contributed by atoms with Gasteiger partial charge < -0.3 is 15.1 Å². The van der Waals surface area contributed by atoms with Crippen LogP contribution in [0.3, 0.4) is 0 Å². The Bertz CT molecular complexity index is 606. The minimum Gasteiger partial charge on any atom is -0.477 e. The number of piperidine rings is 1. The quantitative estimate of drug-likeness (QED) is 0.482. The Morgan fingerprint density at radius 2 is 1.48 bits per heavy atom. The largest absolute Gasteiger partial charge is 0.477 e. The van der Waals surface area contributed by atoms with Crippen LogP contribution in [0.5, 0.6) is 0 Å². The summed E-state index contributed by atoms with van der Waals surface area (Å²) in [7, 11) is 0. The van der Waals surface area contributed by atoms with Crippen molar-refractivity contribution in [2.24, 2.45) is 0 Å². The van der Waals surface area contributed by atoms with Gasteiger partial charge in [0.05, 0.1) is 0 Å². The normalized spacial score (nSPS) is 13.5. The number of ketones is 1. The number of carboxylic acid groups (broad SMARTS) is 2. The molecule has 0 amide bonds. The number of carbonyl (C=O) groups excluding carboxylic acids is 1. The lowest BCUT2D eigenvalue weighted by atomic mass is 10.1. The monoisotopic (exact) mass is 347 g/mol. The Morgan fingerprint density at radius 1 is 1.00 bits per heavy atom. The second kappa shape index (κ2) is 10.3. The summed E-state index contributed by atoms with van der Waals surface area (Å²) in [5.74, 6) is -2.68. The fraction of sp³-hybridized carbons (Fsp3) is 0.421. The summed E-state index contributed by atoms with van der Waals surface area (Å²) >= 11 is 0. The van der Waals surface area contributed by atoms with E-state index in [2.05, 4.69) is 18.7 Å². The summed E-state index contributed by atoms with van der Waals surface area (Å²) in [5, 5.41) is 17.6. The molecular weight excluding hydrogens is 322 g/mol. The summed E-state index contributed by atoms with van der Waals surface area (Å²) < 4.78 is 0. The average molecular weight is 347 g/mol. The molecular formula is C19H25NO5. The molecule has 1 heterocycles. The highest BCUT2D eigenvalue weighted by Gasteiger charge is 2.17. The van der Waals surface area contributed by atoms with Gasteiger partial charge in [0.2, 0.25) is 0 Å². The highest BCUT2D eigenvalue weighted by Crippen LogP contribution is 2.20. The van der Waals surface area contributed by atoms with Crippen molar-refractivity contribution in [1.82, 2.24) is 0 Å². The number of hydrogen-bond acceptors (Lipinski definition) is 4. The molecule has 0 bridgehead atoms. The van der Waals surface area contributed by atoms with Gasteiger partial charge in [-0.3, -0.25) is 4.79 Å². The number of aliphatic carboxylic acids is 2. The molecule has 1 saturated heterocycles. The standard InChI is InChI=1S/C15H15NO5.C4H10/c17-12-5-7-16(8-6-12)11-3-1-10(2-4-11)9-13(14(18)19)15(20)21;1-3-4-2/h1-4,9H,5-8H2,(H,18,19)(H,20,21);3-4H2,1-2H3. The lowest BCUT2D eigenvalue weighted by molar-refractivity contribution is -0.140. The van der Waals surface area contributed by atoms with Gasteiger partial charge in [-0.15, -0.1) is 0 Å². The molecule has 1 aliphatic rings. The van der Waals surface area contributed by atoms with Gasteiger partial charge in [-0.1, -0.05) is 38.8 Å². The van der Waals surface area contributed by atoms with Crippen LogP contribution in [-0.4, -0.2) is 41.0 Å². The number of rotatable bonds is 5. The number of benzene rings is 1. The predicted molar refractivity (Wildman–Crippen MR) is 96.7 cm³/mol. The van der Waals surface area contributed by atoms with E-state index in [9.17, 15) is 14.4 Å². The van der Waals surface area contributed by atoms with Crippen LogP contribution in [0.1, 0.15) is 45.1 Å². The Morgan fingerprint density at radius 3 is 1.88 bits per heavy atom. The molecule has 0 atom stereocenters. The van der Waals surface area contributed by atoms with Crippen LogP contribution in [0.4, 0.5) is 5.69 Å². The summed E-state index contributed by atoms with van der Waals surface area (Å²) in [4.78, 5) is 34.9. The van der Waals surface area contributed by atoms with E-state index in [1.165, 1.54) is 12.8 Å². The zero-order valence-corrected chi connectivity index (χ0v) is 14.7. The topological polar surface area (TPSA) is 94.9 Å². The SMILES string of the molecule is CCCC.O=C1CCN(c2ccc(C=C(C(=O)O)C(=O)O)cc2)CC1. The van der Waals surface area contributed by atoms with Crippen LogP contribution in [0.25, 0.3) is 6.08 Å². The van der Waals surface area contributed by atoms with Crippen molar-refractivity contribution in [3.8, 4) is 0 Å². The molecule has 0 unspecified atom stereocenters. The Hall–Kier alpha value is -2.63. The summed E-state index contributed by atoms with van der Waals surface area (Å²) in [5.41, 5.74) is 0.768. The fourth-order valence-electron chi connectivity index (χ4n) is 2.18. The van der Waals surface area contributed by atoms with E-state index in [-0.39, 0.29) is 5.78 Å². The second-order valence-electron chi connectivity index (χ2n) is 5.79. The van der Waals surface area contributed by atoms with E-state index in [0.29, 0.717) is 31.5 Å². The van der Waals surface area contributed by atoms with Crippen molar-refractivity contribution in [3.63, 3.8) is 0 Å². The molecule has 6 heteroatoms. The van der Waals surface area contributed by atoms with Gasteiger partial charge in [-0.2, -0.15) is 0 Å². The van der Waals surface area contributed by atoms with E-state index in [1.54, 1.807) is 24.3 Å². The first-order valence-corrected chi connectivity index (χ1v) is 8.44. The van der Waals surface area contributed by atoms with E-state index >= 15 is 0 Å². The van der Waals surface area contributed by atoms with E-state index in [1.807, 2.05) is 0 Å². The van der Waals surface area contributed by atoms with E-state index in [4.69, 9.17) is 10.2 Å². The number of carboxylic acids is 2. The van der Waals surface area contributed by atoms with Gasteiger partial charge in [0.15, 0.2) is 0 Å². The summed E-state index contributed by atoms with van der Waals surface area (Å²) in [6.07, 6.45) is 4.82. The smallest absolute Gasteiger partial charge is 0.343 e. The molecule has 1 aromatic rings. The molecule has 2 N–H and O–H groups in total. The number of carbonyl (C=O) groups is 3. The molecule has 2 rings (SSSR count). The van der Waals surface area contributed by atoms with Gasteiger partial charge in [-0.05, 0) is 23.8 Å². The number of anilines is 1. The molecule has 0 radical (unpaired) electrons. The highest BCUT2D eigenvalue weighted by atomic mass is 16.4. The molecule has 0 spiro atoms. The summed E-state index contributed by atoms with van der Waals surface area (Å²) in [6.45, 7) is 5.70. The third-order valence-electron chi connectivity index (χ3n) is 3.85. The van der Waals surface area contributed by atoms with E-state index in [0.717, 1.165) is 11.8 Å². The van der Waals surface area contributed by atoms with Gasteiger partial charge in [0.1, 0.15) is 11.4 Å². The zero-order chi connectivity index (χ0) is 18.8. The molecule has 0 aliphatic carbocycles. The maximum Gasteiger partial charge on any atom is 0.343 e. The highest BCUT2D eigenvalue weighted by molar-refractivity contribution is 6.16. The third kappa shape index (κ3) is 6.79. The Kier molecular flexibility index (Phi) is 8.39. The number of nitrogens with zero attached hydrogens (tertiary/aromatic N) is 1. The van der Waals surface area contributed by atoms with Crippen LogP contribution in [0.2, 0.25) is 0 Å². The maximum atomic E-state index is 11.2. The van der Waals surface area contributed by atoms with Crippen molar-refractivity contribution < 1.29 is 24.6 Å². The Balaban J connectivity index is 0.000000705. The molecule has 0 saturated carbocycles. The predicted octanol–water partition coefficient (Wildman–Crippen LogP) is 3.21. The molecule has 136 valence electrons. The first kappa shape index (κ1) is 20.4. The molecule has 25 heavy (non-hydrogen) atoms. The van der Waals surface area contributed by atoms with Gasteiger partial charge >= 0.3 is 11.9 Å². The second-order valence-corrected chi connectivity index (χ2v) is 5.79. The van der Waals surface area contributed by atoms with Gasteiger partial charge in [-0.25, -0.2) is 9.59 Å². The van der Waals surface area contributed by atoms with Crippen molar-refractivity contribution in [2.75, 3.05) is 18.0 Å². The minimum atomic E-state index is -1.47. The number of Topliss-reactive ketones (excluding diaryl/α,β-unsaturated/α-hetero) is 1. The average Bonchev–Trinajstić information content (AvgIpc) is 2.60. The van der Waals surface area contributed by atoms with E-state index < -0.39 is 17.5 Å². The molecule has 6 nitrogen and oxygen atoms in total. The third-order valence-corrected chi connectivity index (χ3v) is 3.85. The van der Waals surface area contributed by atoms with Crippen LogP contribution in [-0.2, 0) is 14.4 Å².